The molecule has 0 saturated heterocycles. The standard InChI is InChI=1S/C19H12ClFN4O/c20-12-8-9-16-14(11-12)18(26)25(17-15(21)7-4-10-22-17)19(24-16)23-13-5-2-1-3-6-13/h1-11H,(H,23,24). The van der Waals surface area contributed by atoms with Gasteiger partial charge >= 0.3 is 0 Å². The molecule has 2 aromatic heterocycles. The van der Waals surface area contributed by atoms with Crippen molar-refractivity contribution in [1.29, 1.82) is 0 Å². The van der Waals surface area contributed by atoms with Crippen LogP contribution in [0.4, 0.5) is 16.0 Å². The van der Waals surface area contributed by atoms with Crippen molar-refractivity contribution in [3.63, 3.8) is 0 Å². The van der Waals surface area contributed by atoms with Crippen molar-refractivity contribution < 1.29 is 4.39 Å². The summed E-state index contributed by atoms with van der Waals surface area (Å²) >= 11 is 6.01. The van der Waals surface area contributed by atoms with E-state index in [-0.39, 0.29) is 17.2 Å². The lowest BCUT2D eigenvalue weighted by Gasteiger charge is -2.14. The number of benzene rings is 2. The van der Waals surface area contributed by atoms with Gasteiger partial charge in [-0.25, -0.2) is 18.9 Å². The highest BCUT2D eigenvalue weighted by Gasteiger charge is 2.17. The van der Waals surface area contributed by atoms with Gasteiger partial charge in [0.05, 0.1) is 10.9 Å². The number of pyridine rings is 1. The SMILES string of the molecule is O=c1c2cc(Cl)ccc2nc(Nc2ccccc2)n1-c1ncccc1F. The number of anilines is 2. The summed E-state index contributed by atoms with van der Waals surface area (Å²) < 4.78 is 15.5. The van der Waals surface area contributed by atoms with Gasteiger partial charge in [0.15, 0.2) is 11.6 Å². The van der Waals surface area contributed by atoms with Gasteiger partial charge < -0.3 is 5.32 Å². The molecule has 0 spiro atoms. The fourth-order valence-corrected chi connectivity index (χ4v) is 2.80. The highest BCUT2D eigenvalue weighted by atomic mass is 35.5. The first-order valence-corrected chi connectivity index (χ1v) is 8.16. The normalized spacial score (nSPS) is 10.8. The van der Waals surface area contributed by atoms with Crippen LogP contribution in [0.2, 0.25) is 5.02 Å². The summed E-state index contributed by atoms with van der Waals surface area (Å²) in [6.07, 6.45) is 1.42. The number of para-hydroxylation sites is 1. The molecule has 26 heavy (non-hydrogen) atoms. The van der Waals surface area contributed by atoms with Gasteiger partial charge in [-0.3, -0.25) is 4.79 Å². The van der Waals surface area contributed by atoms with Crippen molar-refractivity contribution in [3.8, 4) is 5.82 Å². The highest BCUT2D eigenvalue weighted by molar-refractivity contribution is 6.31. The summed E-state index contributed by atoms with van der Waals surface area (Å²) in [5.74, 6) is -0.604. The van der Waals surface area contributed by atoms with Crippen molar-refractivity contribution in [1.82, 2.24) is 14.5 Å². The Kier molecular flexibility index (Phi) is 4.10. The molecule has 5 nitrogen and oxygen atoms in total. The van der Waals surface area contributed by atoms with Gasteiger partial charge in [0.25, 0.3) is 5.56 Å². The molecule has 0 fully saturated rings. The molecule has 1 N–H and O–H groups in total. The van der Waals surface area contributed by atoms with E-state index in [1.807, 2.05) is 30.3 Å². The van der Waals surface area contributed by atoms with Crippen LogP contribution < -0.4 is 10.9 Å². The molecule has 0 radical (unpaired) electrons. The molecule has 0 atom stereocenters. The fourth-order valence-electron chi connectivity index (χ4n) is 2.63. The van der Waals surface area contributed by atoms with E-state index < -0.39 is 11.4 Å². The molecule has 7 heteroatoms. The van der Waals surface area contributed by atoms with Crippen LogP contribution in [-0.2, 0) is 0 Å². The highest BCUT2D eigenvalue weighted by Crippen LogP contribution is 2.22. The van der Waals surface area contributed by atoms with Crippen molar-refractivity contribution in [2.75, 3.05) is 5.32 Å². The van der Waals surface area contributed by atoms with E-state index in [4.69, 9.17) is 11.6 Å². The summed E-state index contributed by atoms with van der Waals surface area (Å²) in [6, 6.07) is 16.7. The number of aromatic nitrogens is 3. The molecule has 2 heterocycles. The van der Waals surface area contributed by atoms with E-state index in [1.54, 1.807) is 12.1 Å². The van der Waals surface area contributed by atoms with E-state index in [1.165, 1.54) is 24.4 Å². The Morgan fingerprint density at radius 3 is 2.62 bits per heavy atom. The minimum Gasteiger partial charge on any atom is -0.325 e. The molecule has 0 aliphatic rings. The lowest BCUT2D eigenvalue weighted by atomic mass is 10.2. The van der Waals surface area contributed by atoms with Crippen LogP contribution in [0.5, 0.6) is 0 Å². The summed E-state index contributed by atoms with van der Waals surface area (Å²) in [7, 11) is 0. The van der Waals surface area contributed by atoms with Gasteiger partial charge in [0.1, 0.15) is 0 Å². The second-order valence-electron chi connectivity index (χ2n) is 5.54. The maximum absolute atomic E-state index is 14.3. The maximum atomic E-state index is 14.3. The topological polar surface area (TPSA) is 59.8 Å². The van der Waals surface area contributed by atoms with E-state index in [0.717, 1.165) is 4.57 Å². The Hall–Kier alpha value is -3.25. The van der Waals surface area contributed by atoms with Gasteiger partial charge in [0.2, 0.25) is 5.95 Å². The van der Waals surface area contributed by atoms with Crippen LogP contribution in [0.15, 0.2) is 71.7 Å². The van der Waals surface area contributed by atoms with Crippen LogP contribution in [0, 0.1) is 5.82 Å². The Labute approximate surface area is 152 Å². The number of halogens is 2. The van der Waals surface area contributed by atoms with E-state index in [2.05, 4.69) is 15.3 Å². The van der Waals surface area contributed by atoms with Crippen molar-refractivity contribution >= 4 is 34.1 Å². The monoisotopic (exact) mass is 366 g/mol. The van der Waals surface area contributed by atoms with Gasteiger partial charge in [-0.1, -0.05) is 29.8 Å². The third-order valence-electron chi connectivity index (χ3n) is 3.81. The van der Waals surface area contributed by atoms with Crippen LogP contribution in [0.1, 0.15) is 0 Å². The minimum absolute atomic E-state index is 0.134. The average molecular weight is 367 g/mol. The van der Waals surface area contributed by atoms with Crippen LogP contribution in [0.25, 0.3) is 16.7 Å². The van der Waals surface area contributed by atoms with E-state index in [0.29, 0.717) is 16.2 Å². The predicted octanol–water partition coefficient (Wildman–Crippen LogP) is 4.32. The first kappa shape index (κ1) is 16.2. The summed E-state index contributed by atoms with van der Waals surface area (Å²) in [4.78, 5) is 21.6. The van der Waals surface area contributed by atoms with E-state index >= 15 is 0 Å². The molecule has 0 bridgehead atoms. The molecule has 4 rings (SSSR count). The zero-order valence-corrected chi connectivity index (χ0v) is 14.1. The lowest BCUT2D eigenvalue weighted by Crippen LogP contribution is -2.24. The summed E-state index contributed by atoms with van der Waals surface area (Å²) in [5, 5.41) is 3.73. The van der Waals surface area contributed by atoms with E-state index in [9.17, 15) is 9.18 Å². The summed E-state index contributed by atoms with van der Waals surface area (Å²) in [6.45, 7) is 0. The quantitative estimate of drug-likeness (QED) is 0.586. The molecule has 0 amide bonds. The van der Waals surface area contributed by atoms with Crippen molar-refractivity contribution in [3.05, 3.63) is 88.1 Å². The molecule has 0 aliphatic heterocycles. The first-order valence-electron chi connectivity index (χ1n) is 7.79. The molecule has 128 valence electrons. The zero-order valence-electron chi connectivity index (χ0n) is 13.4. The van der Waals surface area contributed by atoms with Gasteiger partial charge in [-0.15, -0.1) is 0 Å². The zero-order chi connectivity index (χ0) is 18.1. The first-order chi connectivity index (χ1) is 12.6. The second kappa shape index (κ2) is 6.57. The molecular formula is C19H12ClFN4O. The van der Waals surface area contributed by atoms with Crippen LogP contribution in [0.3, 0.4) is 0 Å². The van der Waals surface area contributed by atoms with Gasteiger partial charge in [0, 0.05) is 16.9 Å². The Morgan fingerprint density at radius 2 is 1.85 bits per heavy atom. The van der Waals surface area contributed by atoms with Crippen LogP contribution >= 0.6 is 11.6 Å². The molecule has 0 aliphatic carbocycles. The van der Waals surface area contributed by atoms with Crippen molar-refractivity contribution in [2.45, 2.75) is 0 Å². The van der Waals surface area contributed by atoms with Gasteiger partial charge in [-0.2, -0.15) is 0 Å². The lowest BCUT2D eigenvalue weighted by molar-refractivity contribution is 0.607. The Bertz CT molecular complexity index is 1160. The predicted molar refractivity (Wildman–Crippen MR) is 99.8 cm³/mol. The Morgan fingerprint density at radius 1 is 1.04 bits per heavy atom. The molecule has 0 unspecified atom stereocenters. The Balaban J connectivity index is 2.02. The fraction of sp³-hybridized carbons (Fsp3) is 0. The number of hydrogen-bond donors (Lipinski definition) is 1. The summed E-state index contributed by atoms with van der Waals surface area (Å²) in [5.41, 5.74) is 0.691. The number of nitrogens with one attached hydrogen (secondary N) is 1. The number of fused-ring (bicyclic) bond motifs is 1. The second-order valence-corrected chi connectivity index (χ2v) is 5.97. The smallest absolute Gasteiger partial charge is 0.268 e. The van der Waals surface area contributed by atoms with Gasteiger partial charge in [-0.05, 0) is 42.5 Å². The average Bonchev–Trinajstić information content (AvgIpc) is 2.65. The molecular weight excluding hydrogens is 355 g/mol. The number of hydrogen-bond acceptors (Lipinski definition) is 4. The molecule has 4 aromatic rings. The number of rotatable bonds is 3. The maximum Gasteiger partial charge on any atom is 0.268 e. The number of nitrogens with zero attached hydrogens (tertiary/aromatic N) is 3. The third kappa shape index (κ3) is 2.91. The minimum atomic E-state index is -0.631. The molecule has 0 saturated carbocycles. The largest absolute Gasteiger partial charge is 0.325 e. The van der Waals surface area contributed by atoms with Crippen molar-refractivity contribution in [2.24, 2.45) is 0 Å². The molecule has 2 aromatic carbocycles. The van der Waals surface area contributed by atoms with Crippen LogP contribution in [-0.4, -0.2) is 14.5 Å². The third-order valence-corrected chi connectivity index (χ3v) is 4.05.